The molecular formula is C27H23ClF3N5O6S. The highest BCUT2D eigenvalue weighted by molar-refractivity contribution is 8.18. The lowest BCUT2D eigenvalue weighted by Gasteiger charge is -2.39. The van der Waals surface area contributed by atoms with Gasteiger partial charge in [-0.15, -0.1) is 0 Å². The molecule has 0 bridgehead atoms. The number of carboxylic acid groups (broad SMARTS) is 1. The summed E-state index contributed by atoms with van der Waals surface area (Å²) >= 11 is 6.43. The van der Waals surface area contributed by atoms with E-state index in [1.54, 1.807) is 18.2 Å². The van der Waals surface area contributed by atoms with E-state index in [4.69, 9.17) is 11.6 Å². The fraction of sp³-hybridized carbons (Fsp3) is 0.296. The molecule has 2 N–H and O–H groups in total. The summed E-state index contributed by atoms with van der Waals surface area (Å²) in [5, 5.41) is 22.9. The third-order valence-corrected chi connectivity index (χ3v) is 8.26. The zero-order valence-corrected chi connectivity index (χ0v) is 23.7. The minimum atomic E-state index is -4.60. The summed E-state index contributed by atoms with van der Waals surface area (Å²) in [5.41, 5.74) is 0.208. The molecule has 0 saturated carbocycles. The van der Waals surface area contributed by atoms with Crippen LogP contribution in [0.3, 0.4) is 0 Å². The summed E-state index contributed by atoms with van der Waals surface area (Å²) in [6.45, 7) is -1.22. The molecule has 2 saturated heterocycles. The number of aromatic nitrogens is 2. The fourth-order valence-electron chi connectivity index (χ4n) is 4.95. The van der Waals surface area contributed by atoms with Crippen LogP contribution in [-0.2, 0) is 22.3 Å². The van der Waals surface area contributed by atoms with E-state index in [0.717, 1.165) is 15.9 Å². The van der Waals surface area contributed by atoms with Crippen LogP contribution >= 0.6 is 23.4 Å². The van der Waals surface area contributed by atoms with Crippen LogP contribution < -0.4 is 0 Å². The largest absolute Gasteiger partial charge is 0.465 e. The molecule has 43 heavy (non-hydrogen) atoms. The van der Waals surface area contributed by atoms with Crippen molar-refractivity contribution in [3.63, 3.8) is 0 Å². The quantitative estimate of drug-likeness (QED) is 0.388. The Morgan fingerprint density at radius 2 is 1.91 bits per heavy atom. The summed E-state index contributed by atoms with van der Waals surface area (Å²) in [5.74, 6) is -1.24. The van der Waals surface area contributed by atoms with Crippen molar-refractivity contribution >= 4 is 63.5 Å². The van der Waals surface area contributed by atoms with E-state index < -0.39 is 54.1 Å². The zero-order valence-electron chi connectivity index (χ0n) is 22.1. The van der Waals surface area contributed by atoms with Crippen LogP contribution in [0.1, 0.15) is 16.7 Å². The van der Waals surface area contributed by atoms with Crippen molar-refractivity contribution in [3.05, 3.63) is 69.2 Å². The van der Waals surface area contributed by atoms with Gasteiger partial charge in [0.15, 0.2) is 0 Å². The Hall–Kier alpha value is -4.08. The summed E-state index contributed by atoms with van der Waals surface area (Å²) in [4.78, 5) is 53.0. The van der Waals surface area contributed by atoms with Crippen molar-refractivity contribution in [1.29, 1.82) is 0 Å². The summed E-state index contributed by atoms with van der Waals surface area (Å²) in [6, 6.07) is 7.66. The number of piperazine rings is 1. The van der Waals surface area contributed by atoms with Gasteiger partial charge in [0.2, 0.25) is 5.91 Å². The van der Waals surface area contributed by atoms with Gasteiger partial charge in [-0.25, -0.2) is 4.79 Å². The average molecular weight is 638 g/mol. The minimum absolute atomic E-state index is 0.00940. The Kier molecular flexibility index (Phi) is 8.40. The van der Waals surface area contributed by atoms with Crippen molar-refractivity contribution in [3.8, 4) is 0 Å². The van der Waals surface area contributed by atoms with Crippen molar-refractivity contribution in [2.75, 3.05) is 32.8 Å². The summed E-state index contributed by atoms with van der Waals surface area (Å²) in [6.07, 6.45) is -2.86. The summed E-state index contributed by atoms with van der Waals surface area (Å²) in [7, 11) is 0. The number of nitrogens with zero attached hydrogens (tertiary/aromatic N) is 5. The number of fused-ring (bicyclic) bond motifs is 1. The number of alkyl halides is 3. The van der Waals surface area contributed by atoms with Gasteiger partial charge in [-0.3, -0.25) is 28.9 Å². The molecule has 16 heteroatoms. The van der Waals surface area contributed by atoms with E-state index >= 15 is 0 Å². The molecule has 1 atom stereocenters. The van der Waals surface area contributed by atoms with Gasteiger partial charge in [-0.2, -0.15) is 18.3 Å². The van der Waals surface area contributed by atoms with Gasteiger partial charge in [-0.05, 0) is 53.2 Å². The van der Waals surface area contributed by atoms with Crippen LogP contribution in [0.25, 0.3) is 17.0 Å². The second-order valence-electron chi connectivity index (χ2n) is 9.84. The number of rotatable bonds is 6. The zero-order chi connectivity index (χ0) is 31.1. The SMILES string of the molecule is O=C(CN1C(=O)SC(=Cc2ccc3c(cnn3Cc3ccc(Cl)cc3C(F)(F)F)c2)C1=O)N1CCN(C(=O)O)[C@@H](CO)C1. The number of amides is 4. The second-order valence-corrected chi connectivity index (χ2v) is 11.3. The first-order valence-electron chi connectivity index (χ1n) is 12.8. The first-order valence-corrected chi connectivity index (χ1v) is 14.0. The van der Waals surface area contributed by atoms with E-state index in [2.05, 4.69) is 5.10 Å². The highest BCUT2D eigenvalue weighted by Gasteiger charge is 2.39. The number of aliphatic hydroxyl groups is 1. The van der Waals surface area contributed by atoms with Crippen LogP contribution in [0.15, 0.2) is 47.5 Å². The maximum atomic E-state index is 13.5. The number of thioether (sulfide) groups is 1. The van der Waals surface area contributed by atoms with Gasteiger partial charge >= 0.3 is 12.3 Å². The van der Waals surface area contributed by atoms with E-state index in [9.17, 15) is 42.6 Å². The third kappa shape index (κ3) is 6.33. The van der Waals surface area contributed by atoms with Gasteiger partial charge in [0.1, 0.15) is 6.54 Å². The molecule has 0 aliphatic carbocycles. The molecule has 2 aliphatic rings. The number of benzene rings is 2. The van der Waals surface area contributed by atoms with E-state index in [1.165, 1.54) is 34.0 Å². The van der Waals surface area contributed by atoms with E-state index in [0.29, 0.717) is 28.2 Å². The Balaban J connectivity index is 1.29. The molecule has 2 fully saturated rings. The molecule has 0 radical (unpaired) electrons. The lowest BCUT2D eigenvalue weighted by molar-refractivity contribution is -0.138. The van der Waals surface area contributed by atoms with E-state index in [-0.39, 0.29) is 41.7 Å². The van der Waals surface area contributed by atoms with Crippen LogP contribution in [0.4, 0.5) is 22.8 Å². The van der Waals surface area contributed by atoms with Crippen LogP contribution in [0.5, 0.6) is 0 Å². The number of aliphatic hydroxyl groups excluding tert-OH is 1. The number of imide groups is 1. The third-order valence-electron chi connectivity index (χ3n) is 7.12. The minimum Gasteiger partial charge on any atom is -0.465 e. The molecule has 2 aromatic carbocycles. The molecule has 2 aliphatic heterocycles. The topological polar surface area (TPSA) is 136 Å². The molecule has 4 amide bonds. The van der Waals surface area contributed by atoms with E-state index in [1.807, 2.05) is 0 Å². The normalized spacial score (nSPS) is 18.8. The highest BCUT2D eigenvalue weighted by atomic mass is 35.5. The first kappa shape index (κ1) is 30.4. The Morgan fingerprint density at radius 1 is 1.14 bits per heavy atom. The van der Waals surface area contributed by atoms with Gasteiger partial charge in [0, 0.05) is 30.0 Å². The number of hydrogen-bond donors (Lipinski definition) is 2. The fourth-order valence-corrected chi connectivity index (χ4v) is 5.96. The molecule has 1 aromatic heterocycles. The van der Waals surface area contributed by atoms with Gasteiger partial charge in [0.25, 0.3) is 11.1 Å². The first-order chi connectivity index (χ1) is 20.3. The van der Waals surface area contributed by atoms with Crippen LogP contribution in [0, 0.1) is 0 Å². The Morgan fingerprint density at radius 3 is 2.60 bits per heavy atom. The van der Waals surface area contributed by atoms with Gasteiger partial charge in [0.05, 0.1) is 41.4 Å². The summed E-state index contributed by atoms with van der Waals surface area (Å²) < 4.78 is 42.0. The predicted octanol–water partition coefficient (Wildman–Crippen LogP) is 3.98. The average Bonchev–Trinajstić information content (AvgIpc) is 3.47. The smallest absolute Gasteiger partial charge is 0.416 e. The number of hydrogen-bond acceptors (Lipinski definition) is 7. The number of carbonyl (C=O) groups excluding carboxylic acids is 3. The maximum absolute atomic E-state index is 13.5. The van der Waals surface area contributed by atoms with Crippen molar-refractivity contribution in [1.82, 2.24) is 24.5 Å². The molecule has 226 valence electrons. The molecule has 0 unspecified atom stereocenters. The molecule has 5 rings (SSSR count). The van der Waals surface area contributed by atoms with Crippen molar-refractivity contribution in [2.45, 2.75) is 18.8 Å². The second kappa shape index (κ2) is 11.9. The molecule has 3 aromatic rings. The van der Waals surface area contributed by atoms with Crippen LogP contribution in [-0.4, -0.2) is 96.7 Å². The maximum Gasteiger partial charge on any atom is 0.416 e. The van der Waals surface area contributed by atoms with Gasteiger partial charge in [-0.1, -0.05) is 23.7 Å². The lowest BCUT2D eigenvalue weighted by Crippen LogP contribution is -2.58. The standard InChI is InChI=1S/C27H23ClF3N5O6S/c28-18-3-2-16(20(9-18)27(29,30)31)11-36-21-4-1-15(7-17(21)10-32-36)8-22-24(39)35(26(42)43-22)13-23(38)33-5-6-34(25(40)41)19(12-33)14-37/h1-4,7-10,19,37H,5-6,11-14H2,(H,40,41)/t19-/m1/s1. The lowest BCUT2D eigenvalue weighted by atomic mass is 10.1. The molecule has 11 nitrogen and oxygen atoms in total. The van der Waals surface area contributed by atoms with Crippen molar-refractivity contribution < 1.29 is 42.6 Å². The highest BCUT2D eigenvalue weighted by Crippen LogP contribution is 2.35. The van der Waals surface area contributed by atoms with Crippen LogP contribution in [0.2, 0.25) is 5.02 Å². The Bertz CT molecular complexity index is 1660. The molecule has 0 spiro atoms. The Labute approximate surface area is 251 Å². The number of halogens is 4. The van der Waals surface area contributed by atoms with Crippen molar-refractivity contribution in [2.24, 2.45) is 0 Å². The predicted molar refractivity (Wildman–Crippen MR) is 150 cm³/mol. The number of carbonyl (C=O) groups is 4. The molecule has 3 heterocycles. The van der Waals surface area contributed by atoms with Gasteiger partial charge < -0.3 is 15.1 Å². The molecular weight excluding hydrogens is 615 g/mol. The monoisotopic (exact) mass is 637 g/mol.